The Kier molecular flexibility index (Phi) is 4.47. The summed E-state index contributed by atoms with van der Waals surface area (Å²) in [5.41, 5.74) is 1.80. The molecule has 0 spiro atoms. The minimum atomic E-state index is -0.819. The first-order valence-corrected chi connectivity index (χ1v) is 8.89. The standard InChI is InChI=1S/C19H16N4O2S/c24-16-3-1-2-12(8-16)9-17(25)21-19-23-22-18(26-19)14-4-5-15-11-20-7-6-13(15)10-14/h1-8,10-11,17,24-25H,9H2,(H,21,23). The molecule has 1 unspecified atom stereocenters. The number of phenols is 1. The highest BCUT2D eigenvalue weighted by Gasteiger charge is 2.11. The SMILES string of the molecule is Oc1cccc(CC(O)Nc2nnc(-c3ccc4cnccc4c3)s2)c1. The average Bonchev–Trinajstić information content (AvgIpc) is 3.09. The van der Waals surface area contributed by atoms with Gasteiger partial charge in [-0.05, 0) is 35.2 Å². The maximum Gasteiger partial charge on any atom is 0.207 e. The summed E-state index contributed by atoms with van der Waals surface area (Å²) in [5.74, 6) is 0.180. The molecule has 3 N–H and O–H groups in total. The van der Waals surface area contributed by atoms with Crippen LogP contribution >= 0.6 is 11.3 Å². The van der Waals surface area contributed by atoms with Crippen LogP contribution in [0, 0.1) is 0 Å². The molecular formula is C19H16N4O2S. The van der Waals surface area contributed by atoms with E-state index in [9.17, 15) is 10.2 Å². The monoisotopic (exact) mass is 364 g/mol. The molecule has 1 atom stereocenters. The Morgan fingerprint density at radius 1 is 1.04 bits per heavy atom. The molecule has 0 amide bonds. The fraction of sp³-hybridized carbons (Fsp3) is 0.105. The van der Waals surface area contributed by atoms with Gasteiger partial charge in [-0.3, -0.25) is 4.98 Å². The van der Waals surface area contributed by atoms with Gasteiger partial charge in [0.1, 0.15) is 17.0 Å². The maximum atomic E-state index is 10.2. The van der Waals surface area contributed by atoms with E-state index in [1.165, 1.54) is 11.3 Å². The van der Waals surface area contributed by atoms with E-state index < -0.39 is 6.23 Å². The van der Waals surface area contributed by atoms with E-state index in [-0.39, 0.29) is 5.75 Å². The number of nitrogens with zero attached hydrogens (tertiary/aromatic N) is 3. The second-order valence-corrected chi connectivity index (χ2v) is 6.86. The topological polar surface area (TPSA) is 91.2 Å². The number of phenolic OH excluding ortho intramolecular Hbond substituents is 1. The zero-order valence-corrected chi connectivity index (χ0v) is 14.5. The number of hydrogen-bond donors (Lipinski definition) is 3. The van der Waals surface area contributed by atoms with Crippen LogP contribution in [0.5, 0.6) is 5.75 Å². The summed E-state index contributed by atoms with van der Waals surface area (Å²) < 4.78 is 0. The third kappa shape index (κ3) is 3.63. The van der Waals surface area contributed by atoms with Crippen LogP contribution in [0.15, 0.2) is 60.9 Å². The second-order valence-electron chi connectivity index (χ2n) is 5.88. The lowest BCUT2D eigenvalue weighted by molar-refractivity contribution is 0.204. The number of anilines is 1. The van der Waals surface area contributed by atoms with E-state index in [1.807, 2.05) is 36.5 Å². The molecule has 0 saturated heterocycles. The van der Waals surface area contributed by atoms with Crippen molar-refractivity contribution in [3.63, 3.8) is 0 Å². The molecule has 26 heavy (non-hydrogen) atoms. The number of pyridine rings is 1. The predicted octanol–water partition coefficient (Wildman–Crippen LogP) is 3.43. The summed E-state index contributed by atoms with van der Waals surface area (Å²) >= 11 is 1.38. The van der Waals surface area contributed by atoms with Crippen molar-refractivity contribution in [2.24, 2.45) is 0 Å². The van der Waals surface area contributed by atoms with Gasteiger partial charge in [-0.2, -0.15) is 0 Å². The number of benzene rings is 2. The van der Waals surface area contributed by atoms with Crippen molar-refractivity contribution in [3.05, 3.63) is 66.5 Å². The lowest BCUT2D eigenvalue weighted by Gasteiger charge is -2.11. The van der Waals surface area contributed by atoms with E-state index in [1.54, 1.807) is 24.4 Å². The second kappa shape index (κ2) is 7.07. The summed E-state index contributed by atoms with van der Waals surface area (Å²) in [6.45, 7) is 0. The van der Waals surface area contributed by atoms with Gasteiger partial charge in [0.2, 0.25) is 5.13 Å². The number of aromatic nitrogens is 3. The van der Waals surface area contributed by atoms with Crippen LogP contribution in [-0.2, 0) is 6.42 Å². The van der Waals surface area contributed by atoms with Crippen LogP contribution in [0.2, 0.25) is 0 Å². The molecule has 130 valence electrons. The Labute approximate surface area is 153 Å². The maximum absolute atomic E-state index is 10.2. The van der Waals surface area contributed by atoms with Crippen molar-refractivity contribution in [1.82, 2.24) is 15.2 Å². The molecule has 4 aromatic rings. The van der Waals surface area contributed by atoms with Gasteiger partial charge in [-0.1, -0.05) is 35.6 Å². The Bertz CT molecular complexity index is 1050. The Morgan fingerprint density at radius 2 is 1.96 bits per heavy atom. The van der Waals surface area contributed by atoms with Gasteiger partial charge in [0.05, 0.1) is 0 Å². The lowest BCUT2D eigenvalue weighted by atomic mass is 10.1. The average molecular weight is 364 g/mol. The Hall–Kier alpha value is -3.03. The molecular weight excluding hydrogens is 348 g/mol. The minimum Gasteiger partial charge on any atom is -0.508 e. The summed E-state index contributed by atoms with van der Waals surface area (Å²) in [5, 5.41) is 34.4. The molecule has 4 rings (SSSR count). The van der Waals surface area contributed by atoms with E-state index in [0.29, 0.717) is 11.6 Å². The molecule has 7 heteroatoms. The zero-order valence-electron chi connectivity index (χ0n) is 13.7. The largest absolute Gasteiger partial charge is 0.508 e. The molecule has 0 saturated carbocycles. The quantitative estimate of drug-likeness (QED) is 0.470. The number of hydrogen-bond acceptors (Lipinski definition) is 7. The van der Waals surface area contributed by atoms with Gasteiger partial charge in [-0.25, -0.2) is 0 Å². The molecule has 6 nitrogen and oxygen atoms in total. The molecule has 2 heterocycles. The van der Waals surface area contributed by atoms with Crippen LogP contribution in [0.4, 0.5) is 5.13 Å². The smallest absolute Gasteiger partial charge is 0.207 e. The van der Waals surface area contributed by atoms with Gasteiger partial charge in [-0.15, -0.1) is 10.2 Å². The lowest BCUT2D eigenvalue weighted by Crippen LogP contribution is -2.21. The first-order chi connectivity index (χ1) is 12.7. The Morgan fingerprint density at radius 3 is 2.85 bits per heavy atom. The third-order valence-electron chi connectivity index (χ3n) is 3.94. The first kappa shape index (κ1) is 16.4. The molecule has 0 aliphatic heterocycles. The van der Waals surface area contributed by atoms with Crippen molar-refractivity contribution in [2.75, 3.05) is 5.32 Å². The fourth-order valence-electron chi connectivity index (χ4n) is 2.71. The van der Waals surface area contributed by atoms with Crippen molar-refractivity contribution < 1.29 is 10.2 Å². The van der Waals surface area contributed by atoms with Crippen molar-refractivity contribution in [2.45, 2.75) is 12.6 Å². The molecule has 0 fully saturated rings. The van der Waals surface area contributed by atoms with Gasteiger partial charge < -0.3 is 15.5 Å². The van der Waals surface area contributed by atoms with E-state index in [0.717, 1.165) is 26.9 Å². The molecule has 0 aliphatic rings. The van der Waals surface area contributed by atoms with Crippen LogP contribution < -0.4 is 5.32 Å². The highest BCUT2D eigenvalue weighted by molar-refractivity contribution is 7.18. The summed E-state index contributed by atoms with van der Waals surface area (Å²) in [4.78, 5) is 4.11. The highest BCUT2D eigenvalue weighted by atomic mass is 32.1. The van der Waals surface area contributed by atoms with Crippen LogP contribution in [0.1, 0.15) is 5.56 Å². The molecule has 2 aromatic carbocycles. The van der Waals surface area contributed by atoms with Crippen LogP contribution in [0.3, 0.4) is 0 Å². The zero-order chi connectivity index (χ0) is 17.9. The number of rotatable bonds is 5. The number of nitrogens with one attached hydrogen (secondary N) is 1. The summed E-state index contributed by atoms with van der Waals surface area (Å²) in [7, 11) is 0. The van der Waals surface area contributed by atoms with Crippen LogP contribution in [0.25, 0.3) is 21.3 Å². The third-order valence-corrected chi connectivity index (χ3v) is 4.85. The molecule has 0 bridgehead atoms. The van der Waals surface area contributed by atoms with Gasteiger partial charge in [0, 0.05) is 29.8 Å². The minimum absolute atomic E-state index is 0.180. The fourth-order valence-corrected chi connectivity index (χ4v) is 3.50. The van der Waals surface area contributed by atoms with Gasteiger partial charge >= 0.3 is 0 Å². The molecule has 2 aromatic heterocycles. The molecule has 0 aliphatic carbocycles. The highest BCUT2D eigenvalue weighted by Crippen LogP contribution is 2.29. The number of aliphatic hydroxyl groups excluding tert-OH is 1. The molecule has 0 radical (unpaired) electrons. The number of fused-ring (bicyclic) bond motifs is 1. The van der Waals surface area contributed by atoms with Crippen molar-refractivity contribution in [3.8, 4) is 16.3 Å². The van der Waals surface area contributed by atoms with E-state index in [4.69, 9.17) is 0 Å². The summed E-state index contributed by atoms with van der Waals surface area (Å²) in [6, 6.07) is 14.8. The van der Waals surface area contributed by atoms with Crippen molar-refractivity contribution in [1.29, 1.82) is 0 Å². The normalized spacial score (nSPS) is 12.2. The van der Waals surface area contributed by atoms with E-state index in [2.05, 4.69) is 20.5 Å². The van der Waals surface area contributed by atoms with Gasteiger partial charge in [0.25, 0.3) is 0 Å². The van der Waals surface area contributed by atoms with Crippen molar-refractivity contribution >= 4 is 27.2 Å². The predicted molar refractivity (Wildman–Crippen MR) is 102 cm³/mol. The summed E-state index contributed by atoms with van der Waals surface area (Å²) in [6.07, 6.45) is 3.12. The van der Waals surface area contributed by atoms with Crippen LogP contribution in [-0.4, -0.2) is 31.6 Å². The number of aromatic hydroxyl groups is 1. The Balaban J connectivity index is 1.48. The number of aliphatic hydroxyl groups is 1. The van der Waals surface area contributed by atoms with Gasteiger partial charge in [0.15, 0.2) is 0 Å². The van der Waals surface area contributed by atoms with E-state index >= 15 is 0 Å². The first-order valence-electron chi connectivity index (χ1n) is 8.07.